The summed E-state index contributed by atoms with van der Waals surface area (Å²) in [4.78, 5) is 14.1. The van der Waals surface area contributed by atoms with Crippen LogP contribution in [0, 0.1) is 13.8 Å². The van der Waals surface area contributed by atoms with E-state index in [9.17, 15) is 8.42 Å². The van der Waals surface area contributed by atoms with E-state index >= 15 is 0 Å². The molecule has 2 saturated heterocycles. The van der Waals surface area contributed by atoms with Crippen molar-refractivity contribution >= 4 is 15.8 Å². The van der Waals surface area contributed by atoms with Gasteiger partial charge in [-0.25, -0.2) is 13.4 Å². The van der Waals surface area contributed by atoms with Crippen molar-refractivity contribution in [2.45, 2.75) is 82.2 Å². The van der Waals surface area contributed by atoms with Crippen molar-refractivity contribution in [1.82, 2.24) is 19.2 Å². The van der Waals surface area contributed by atoms with Crippen molar-refractivity contribution in [3.8, 4) is 11.8 Å². The van der Waals surface area contributed by atoms with Gasteiger partial charge in [0.15, 0.2) is 0 Å². The van der Waals surface area contributed by atoms with Crippen LogP contribution < -0.4 is 14.4 Å². The summed E-state index contributed by atoms with van der Waals surface area (Å²) in [5, 5.41) is 0. The van der Waals surface area contributed by atoms with Crippen LogP contribution in [0.5, 0.6) is 11.8 Å². The highest BCUT2D eigenvalue weighted by Crippen LogP contribution is 2.35. The molecule has 0 amide bonds. The van der Waals surface area contributed by atoms with Crippen LogP contribution >= 0.6 is 0 Å². The second-order valence-corrected chi connectivity index (χ2v) is 13.0. The van der Waals surface area contributed by atoms with Gasteiger partial charge in [0.05, 0.1) is 18.0 Å². The molecule has 1 atom stereocenters. The van der Waals surface area contributed by atoms with Crippen molar-refractivity contribution in [3.63, 3.8) is 0 Å². The predicted molar refractivity (Wildman–Crippen MR) is 154 cm³/mol. The minimum absolute atomic E-state index is 0.220. The summed E-state index contributed by atoms with van der Waals surface area (Å²) in [6.07, 6.45) is 9.14. The Hall–Kier alpha value is -2.43. The first-order valence-corrected chi connectivity index (χ1v) is 15.6. The van der Waals surface area contributed by atoms with Gasteiger partial charge in [-0.2, -0.15) is 9.29 Å². The van der Waals surface area contributed by atoms with Gasteiger partial charge in [-0.15, -0.1) is 0 Å². The second-order valence-electron chi connectivity index (χ2n) is 11.2. The highest BCUT2D eigenvalue weighted by atomic mass is 32.2. The number of rotatable bonds is 11. The molecule has 2 aliphatic rings. The third-order valence-electron chi connectivity index (χ3n) is 8.55. The van der Waals surface area contributed by atoms with Gasteiger partial charge in [0, 0.05) is 31.4 Å². The number of nitrogens with zero attached hydrogens (tertiary/aromatic N) is 5. The van der Waals surface area contributed by atoms with Crippen molar-refractivity contribution in [2.75, 3.05) is 52.3 Å². The van der Waals surface area contributed by atoms with Crippen LogP contribution in [0.2, 0.25) is 0 Å². The fourth-order valence-corrected chi connectivity index (χ4v) is 8.27. The van der Waals surface area contributed by atoms with Gasteiger partial charge < -0.3 is 19.3 Å². The summed E-state index contributed by atoms with van der Waals surface area (Å²) in [5.41, 5.74) is 1.62. The summed E-state index contributed by atoms with van der Waals surface area (Å²) >= 11 is 0. The molecule has 216 valence electrons. The maximum Gasteiger partial charge on any atom is 0.318 e. The van der Waals surface area contributed by atoms with Gasteiger partial charge in [-0.1, -0.05) is 19.8 Å². The zero-order chi connectivity index (χ0) is 28.2. The Kier molecular flexibility index (Phi) is 9.39. The minimum atomic E-state index is -3.68. The Morgan fingerprint density at radius 3 is 2.44 bits per heavy atom. The van der Waals surface area contributed by atoms with E-state index in [1.54, 1.807) is 29.7 Å². The summed E-state index contributed by atoms with van der Waals surface area (Å²) < 4.78 is 40.4. The van der Waals surface area contributed by atoms with E-state index in [0.717, 1.165) is 44.6 Å². The molecule has 2 aromatic rings. The topological polar surface area (TPSA) is 88.1 Å². The lowest BCUT2D eigenvalue weighted by Gasteiger charge is -2.46. The normalized spacial score (nSPS) is 20.0. The molecule has 39 heavy (non-hydrogen) atoms. The fraction of sp³-hybridized carbons (Fsp3) is 0.655. The van der Waals surface area contributed by atoms with Gasteiger partial charge in [-0.05, 0) is 89.4 Å². The van der Waals surface area contributed by atoms with E-state index < -0.39 is 10.0 Å². The molecule has 4 rings (SSSR count). The summed E-state index contributed by atoms with van der Waals surface area (Å²) in [6, 6.07) is 5.51. The van der Waals surface area contributed by atoms with E-state index in [4.69, 9.17) is 14.5 Å². The molecule has 0 unspecified atom stereocenters. The first kappa shape index (κ1) is 29.6. The van der Waals surface area contributed by atoms with Crippen molar-refractivity contribution < 1.29 is 17.9 Å². The van der Waals surface area contributed by atoms with Crippen LogP contribution in [0.4, 0.5) is 5.82 Å². The molecule has 10 heteroatoms. The molecule has 0 aliphatic carbocycles. The quantitative estimate of drug-likeness (QED) is 0.400. The molecule has 1 aromatic carbocycles. The molecule has 0 bridgehead atoms. The van der Waals surface area contributed by atoms with E-state index in [1.165, 1.54) is 19.3 Å². The third-order valence-corrected chi connectivity index (χ3v) is 10.8. The number of hydrogen-bond donors (Lipinski definition) is 0. The lowest BCUT2D eigenvalue weighted by atomic mass is 9.82. The smallest absolute Gasteiger partial charge is 0.318 e. The number of aryl methyl sites for hydroxylation is 2. The molecule has 0 saturated carbocycles. The van der Waals surface area contributed by atoms with Crippen molar-refractivity contribution in [2.24, 2.45) is 0 Å². The Labute approximate surface area is 234 Å². The number of methoxy groups -OCH3 is 1. The van der Waals surface area contributed by atoms with Crippen LogP contribution in [-0.4, -0.2) is 86.6 Å². The highest BCUT2D eigenvalue weighted by molar-refractivity contribution is 7.89. The average molecular weight is 560 g/mol. The highest BCUT2D eigenvalue weighted by Gasteiger charge is 2.38. The average Bonchev–Trinajstić information content (AvgIpc) is 3.40. The number of anilines is 1. The van der Waals surface area contributed by atoms with Crippen LogP contribution in [-0.2, 0) is 10.0 Å². The van der Waals surface area contributed by atoms with E-state index in [-0.39, 0.29) is 18.2 Å². The first-order chi connectivity index (χ1) is 18.6. The fourth-order valence-electron chi connectivity index (χ4n) is 6.17. The lowest BCUT2D eigenvalue weighted by molar-refractivity contribution is 0.103. The molecule has 3 heterocycles. The second kappa shape index (κ2) is 12.4. The molecule has 2 aliphatic heterocycles. The monoisotopic (exact) mass is 559 g/mol. The molecule has 0 N–H and O–H groups in total. The number of ether oxygens (including phenoxy) is 2. The minimum Gasteiger partial charge on any atom is -0.497 e. The van der Waals surface area contributed by atoms with E-state index in [0.29, 0.717) is 34.3 Å². The van der Waals surface area contributed by atoms with Gasteiger partial charge in [-0.3, -0.25) is 0 Å². The van der Waals surface area contributed by atoms with E-state index in [2.05, 4.69) is 35.8 Å². The number of sulfonamides is 1. The van der Waals surface area contributed by atoms with Gasteiger partial charge in [0.25, 0.3) is 0 Å². The predicted octanol–water partition coefficient (Wildman–Crippen LogP) is 4.42. The molecule has 0 spiro atoms. The number of piperidine rings is 1. The standard InChI is InChI=1S/C29H45N5O4S/c1-7-8-12-29(32(4)5)13-17-33(18-14-29)26-11-15-30-28(31-26)38-21-24-10-9-16-34(24)39(35,36)27-22(2)19-25(37-6)20-23(27)3/h11,15,19-20,24H,7-10,12-14,16-18,21H2,1-6H3/t24-/m0/s1. The Balaban J connectivity index is 1.42. The molecule has 1 aromatic heterocycles. The largest absolute Gasteiger partial charge is 0.497 e. The Morgan fingerprint density at radius 1 is 1.13 bits per heavy atom. The number of benzene rings is 1. The zero-order valence-electron chi connectivity index (χ0n) is 24.4. The molecule has 2 fully saturated rings. The maximum atomic E-state index is 13.7. The van der Waals surface area contributed by atoms with Crippen LogP contribution in [0.15, 0.2) is 29.3 Å². The number of hydrogen-bond acceptors (Lipinski definition) is 8. The zero-order valence-corrected chi connectivity index (χ0v) is 25.3. The lowest BCUT2D eigenvalue weighted by Crippen LogP contribution is -2.52. The summed E-state index contributed by atoms with van der Waals surface area (Å²) in [5.74, 6) is 1.52. The molecule has 0 radical (unpaired) electrons. The summed E-state index contributed by atoms with van der Waals surface area (Å²) in [6.45, 7) is 8.45. The molecular formula is C29H45N5O4S. The van der Waals surface area contributed by atoms with Crippen molar-refractivity contribution in [3.05, 3.63) is 35.5 Å². The van der Waals surface area contributed by atoms with Crippen molar-refractivity contribution in [1.29, 1.82) is 0 Å². The van der Waals surface area contributed by atoms with Crippen LogP contribution in [0.1, 0.15) is 63.0 Å². The first-order valence-electron chi connectivity index (χ1n) is 14.2. The van der Waals surface area contributed by atoms with Gasteiger partial charge in [0.2, 0.25) is 10.0 Å². The molecule has 9 nitrogen and oxygen atoms in total. The van der Waals surface area contributed by atoms with Crippen LogP contribution in [0.25, 0.3) is 0 Å². The Morgan fingerprint density at radius 2 is 1.82 bits per heavy atom. The van der Waals surface area contributed by atoms with Gasteiger partial charge in [0.1, 0.15) is 18.2 Å². The Bertz CT molecular complexity index is 1200. The SMILES string of the molecule is CCCCC1(N(C)C)CCN(c2ccnc(OC[C@@H]3CCCN3S(=O)(=O)c3c(C)cc(OC)cc3C)n2)CC1. The maximum absolute atomic E-state index is 13.7. The third kappa shape index (κ3) is 6.33. The van der Waals surface area contributed by atoms with E-state index in [1.807, 2.05) is 19.9 Å². The van der Waals surface area contributed by atoms with Crippen LogP contribution in [0.3, 0.4) is 0 Å². The summed E-state index contributed by atoms with van der Waals surface area (Å²) in [7, 11) is 2.30. The number of aromatic nitrogens is 2. The van der Waals surface area contributed by atoms with Gasteiger partial charge >= 0.3 is 6.01 Å². The molecular weight excluding hydrogens is 514 g/mol. The number of unbranched alkanes of at least 4 members (excludes halogenated alkanes) is 1.